The molecule has 1 aliphatic carbocycles. The minimum absolute atomic E-state index is 0.0240. The van der Waals surface area contributed by atoms with Crippen molar-refractivity contribution >= 4 is 29.2 Å². The maximum atomic E-state index is 17.0. The molecular weight excluding hydrogens is 822 g/mol. The maximum Gasteiger partial charge on any atom is 0.329 e. The number of Topliss-reactive ketones (excluding diaryl/α,β-unsaturated/α-hetero) is 3. The Morgan fingerprint density at radius 1 is 0.859 bits per heavy atom. The zero-order chi connectivity index (χ0) is 47.5. The van der Waals surface area contributed by atoms with E-state index in [1.807, 2.05) is 65.0 Å². The van der Waals surface area contributed by atoms with Gasteiger partial charge in [0.05, 0.1) is 18.3 Å². The van der Waals surface area contributed by atoms with E-state index in [1.54, 1.807) is 34.0 Å². The summed E-state index contributed by atoms with van der Waals surface area (Å²) in [7, 11) is 2.94. The number of methoxy groups -OCH3 is 2. The van der Waals surface area contributed by atoms with E-state index >= 15 is 4.39 Å². The summed E-state index contributed by atoms with van der Waals surface area (Å²) in [6.07, 6.45) is 11.7. The lowest BCUT2D eigenvalue weighted by Gasteiger charge is -2.41. The first-order valence-corrected chi connectivity index (χ1v) is 23.8. The van der Waals surface area contributed by atoms with Gasteiger partial charge in [0.25, 0.3) is 17.5 Å². The number of hydrogen-bond donors (Lipinski definition) is 2. The van der Waals surface area contributed by atoms with Gasteiger partial charge in [0.15, 0.2) is 5.78 Å². The first-order chi connectivity index (χ1) is 30.2. The molecule has 3 aliphatic heterocycles. The second-order valence-electron chi connectivity index (χ2n) is 19.7. The van der Waals surface area contributed by atoms with E-state index in [1.165, 1.54) is 7.11 Å². The number of carbonyl (C=O) groups is 5. The lowest BCUT2D eigenvalue weighted by atomic mass is 9.78. The zero-order valence-electron chi connectivity index (χ0n) is 40.1. The van der Waals surface area contributed by atoms with Crippen LogP contribution in [0.15, 0.2) is 47.6 Å². The lowest BCUT2D eigenvalue weighted by molar-refractivity contribution is -0.230. The van der Waals surface area contributed by atoms with Gasteiger partial charge in [-0.2, -0.15) is 0 Å². The summed E-state index contributed by atoms with van der Waals surface area (Å²) in [5, 5.41) is 21.9. The summed E-state index contributed by atoms with van der Waals surface area (Å²) in [6, 6.07) is -1.17. The van der Waals surface area contributed by atoms with Gasteiger partial charge in [-0.3, -0.25) is 19.2 Å². The third kappa shape index (κ3) is 13.8. The molecule has 64 heavy (non-hydrogen) atoms. The van der Waals surface area contributed by atoms with Crippen molar-refractivity contribution in [2.24, 2.45) is 41.4 Å². The molecule has 2 bridgehead atoms. The minimum Gasteiger partial charge on any atom is -0.460 e. The monoisotopic (exact) mass is 900 g/mol. The second-order valence-corrected chi connectivity index (χ2v) is 19.7. The molecule has 2 N–H and O–H groups in total. The van der Waals surface area contributed by atoms with E-state index in [0.717, 1.165) is 16.9 Å². The molecule has 360 valence electrons. The number of aliphatic hydroxyl groups is 2. The number of halogens is 1. The normalized spacial score (nSPS) is 40.9. The Morgan fingerprint density at radius 3 is 2.27 bits per heavy atom. The Kier molecular flexibility index (Phi) is 20.3. The second kappa shape index (κ2) is 24.4. The lowest BCUT2D eigenvalue weighted by Crippen LogP contribution is -2.59. The molecule has 2 saturated heterocycles. The largest absolute Gasteiger partial charge is 0.460 e. The third-order valence-electron chi connectivity index (χ3n) is 14.5. The molecule has 12 nitrogen and oxygen atoms in total. The zero-order valence-corrected chi connectivity index (χ0v) is 40.1. The Hall–Kier alpha value is -3.36. The molecule has 0 aromatic carbocycles. The van der Waals surface area contributed by atoms with Crippen LogP contribution < -0.4 is 0 Å². The van der Waals surface area contributed by atoms with Crippen LogP contribution >= 0.6 is 0 Å². The molecule has 13 heteroatoms. The average Bonchev–Trinajstić information content (AvgIpc) is 3.26. The van der Waals surface area contributed by atoms with Crippen LogP contribution in [0.4, 0.5) is 4.39 Å². The van der Waals surface area contributed by atoms with Crippen molar-refractivity contribution in [1.29, 1.82) is 0 Å². The van der Waals surface area contributed by atoms with Crippen molar-refractivity contribution in [3.05, 3.63) is 47.6 Å². The van der Waals surface area contributed by atoms with Crippen molar-refractivity contribution in [2.75, 3.05) is 20.8 Å². The number of alkyl halides is 1. The standard InChI is InChI=1S/C51H78FNO11/c1-30-16-12-11-13-17-31(2)32(3)27-39-21-19-37(8)51(52,64-39)48(58)49(59)53-23-15-14-18-40(53)50(60)63-43(34(5)26-38-20-22-41(54)44(28-38)61-9)29-42(55)33(4)25-36(7)46(57)47(62-10)45(56)35(6)24-30/h11-13,16-17,25,30,32-35,37-41,43-44,46-47,54,57H,14-15,18-24,26-29H2,1-10H3/b13-11+,16-12+,31-17+,36-25+/t30-,32+,33-,34-,35-,37-,38+,39+,40+,41-,43?,44-,46-,47+,51-/m1/s1. The van der Waals surface area contributed by atoms with Gasteiger partial charge in [-0.15, -0.1) is 0 Å². The van der Waals surface area contributed by atoms with Crippen molar-refractivity contribution in [2.45, 2.75) is 181 Å². The van der Waals surface area contributed by atoms with Crippen molar-refractivity contribution in [3.8, 4) is 0 Å². The Labute approximate surface area is 381 Å². The van der Waals surface area contributed by atoms with Crippen LogP contribution in [0.5, 0.6) is 0 Å². The van der Waals surface area contributed by atoms with Crippen molar-refractivity contribution < 1.29 is 57.5 Å². The fourth-order valence-corrected chi connectivity index (χ4v) is 10.0. The third-order valence-corrected chi connectivity index (χ3v) is 14.5. The fourth-order valence-electron chi connectivity index (χ4n) is 10.0. The van der Waals surface area contributed by atoms with E-state index in [2.05, 4.69) is 0 Å². The molecular formula is C51H78FNO11. The van der Waals surface area contributed by atoms with Gasteiger partial charge in [-0.25, -0.2) is 9.18 Å². The van der Waals surface area contributed by atoms with E-state index in [4.69, 9.17) is 18.9 Å². The first kappa shape index (κ1) is 53.3. The number of amides is 1. The molecule has 1 unspecified atom stereocenters. The number of piperidine rings is 1. The van der Waals surface area contributed by atoms with E-state index in [9.17, 15) is 34.2 Å². The van der Waals surface area contributed by atoms with Crippen molar-refractivity contribution in [1.82, 2.24) is 4.90 Å². The molecule has 0 aromatic heterocycles. The van der Waals surface area contributed by atoms with Crippen LogP contribution in [0.25, 0.3) is 0 Å². The highest BCUT2D eigenvalue weighted by Crippen LogP contribution is 2.40. The van der Waals surface area contributed by atoms with Gasteiger partial charge in [0.1, 0.15) is 30.1 Å². The number of cyclic esters (lactones) is 1. The van der Waals surface area contributed by atoms with Gasteiger partial charge in [-0.1, -0.05) is 83.6 Å². The molecule has 1 amide bonds. The molecule has 1 saturated carbocycles. The summed E-state index contributed by atoms with van der Waals surface area (Å²) in [5.74, 6) is -8.92. The summed E-state index contributed by atoms with van der Waals surface area (Å²) < 4.78 is 40.3. The molecule has 3 heterocycles. The Bertz CT molecular complexity index is 1740. The highest BCUT2D eigenvalue weighted by Gasteiger charge is 2.54. The molecule has 0 aromatic rings. The van der Waals surface area contributed by atoms with Gasteiger partial charge >= 0.3 is 5.97 Å². The SMILES string of the molecule is CO[C@@H]1C[C@H](C[C@@H](C)C2CC(=O)[C@H](C)/C=C(\C)[C@@H](O)[C@@H](OC)C(=O)[C@H](C)C[C@H](C)/C=C/C=C/C=C(\C)[C@@H](C)C[C@@H]3CC[C@@H](C)[C@@](F)(O3)C(=O)C(=O)N3CCCC[C@H]3C(=O)O2)CC[C@H]1O. The number of hydrogen-bond acceptors (Lipinski definition) is 11. The topological polar surface area (TPSA) is 166 Å². The van der Waals surface area contributed by atoms with Crippen LogP contribution in [0.3, 0.4) is 0 Å². The number of aliphatic hydroxyl groups excluding tert-OH is 2. The number of carbonyl (C=O) groups excluding carboxylic acids is 5. The van der Waals surface area contributed by atoms with E-state index < -0.39 is 77.8 Å². The van der Waals surface area contributed by atoms with Crippen LogP contribution in [0.1, 0.15) is 132 Å². The fraction of sp³-hybridized carbons (Fsp3) is 0.745. The summed E-state index contributed by atoms with van der Waals surface area (Å²) in [6.45, 7) is 14.7. The molecule has 4 rings (SSSR count). The quantitative estimate of drug-likeness (QED) is 0.157. The molecule has 0 spiro atoms. The minimum atomic E-state index is -2.87. The van der Waals surface area contributed by atoms with Gasteiger partial charge in [-0.05, 0) is 114 Å². The van der Waals surface area contributed by atoms with Crippen LogP contribution in [0, 0.1) is 41.4 Å². The highest BCUT2D eigenvalue weighted by molar-refractivity contribution is 6.39. The average molecular weight is 900 g/mol. The predicted octanol–water partition coefficient (Wildman–Crippen LogP) is 7.78. The number of ether oxygens (including phenoxy) is 4. The van der Waals surface area contributed by atoms with Crippen LogP contribution in [0.2, 0.25) is 0 Å². The van der Waals surface area contributed by atoms with Crippen molar-refractivity contribution in [3.63, 3.8) is 0 Å². The van der Waals surface area contributed by atoms with Gasteiger partial charge in [0, 0.05) is 44.9 Å². The summed E-state index contributed by atoms with van der Waals surface area (Å²) >= 11 is 0. The molecule has 0 radical (unpaired) electrons. The molecule has 3 fully saturated rings. The van der Waals surface area contributed by atoms with E-state index in [0.29, 0.717) is 63.4 Å². The van der Waals surface area contributed by atoms with Gasteiger partial charge < -0.3 is 34.1 Å². The maximum absolute atomic E-state index is 17.0. The highest BCUT2D eigenvalue weighted by atomic mass is 19.2. The van der Waals surface area contributed by atoms with Gasteiger partial charge in [0.2, 0.25) is 0 Å². The smallest absolute Gasteiger partial charge is 0.329 e. The number of rotatable bonds is 5. The van der Waals surface area contributed by atoms with E-state index in [-0.39, 0.29) is 60.7 Å². The van der Waals surface area contributed by atoms with Crippen LogP contribution in [-0.2, 0) is 42.9 Å². The number of fused-ring (bicyclic) bond motifs is 3. The number of allylic oxidation sites excluding steroid dienone is 7. The van der Waals surface area contributed by atoms with Crippen LogP contribution in [-0.4, -0.2) is 114 Å². The predicted molar refractivity (Wildman–Crippen MR) is 242 cm³/mol. The number of nitrogens with zero attached hydrogens (tertiary/aromatic N) is 1. The number of ketones is 3. The summed E-state index contributed by atoms with van der Waals surface area (Å²) in [5.41, 5.74) is 1.41. The Morgan fingerprint density at radius 2 is 1.58 bits per heavy atom. The number of esters is 1. The Balaban J connectivity index is 1.69. The summed E-state index contributed by atoms with van der Waals surface area (Å²) in [4.78, 5) is 71.3. The molecule has 15 atom stereocenters. The molecule has 4 aliphatic rings. The first-order valence-electron chi connectivity index (χ1n) is 23.8.